The normalized spacial score (nSPS) is 42.4. The average molecular weight is 344 g/mol. The summed E-state index contributed by atoms with van der Waals surface area (Å²) < 4.78 is 5.87. The highest BCUT2D eigenvalue weighted by Crippen LogP contribution is 2.62. The van der Waals surface area contributed by atoms with Crippen LogP contribution in [0.25, 0.3) is 0 Å². The molecule has 1 N–H and O–H groups in total. The molecule has 1 heterocycles. The lowest BCUT2D eigenvalue weighted by Gasteiger charge is -2.60. The standard InChI is InChI=1S/C22H33NO2/c1-2-18(21-12-15-8-16(13-21)10-17(9-15)14-21)23-19-11-20(24)25-22(19)6-4-3-5-7-22/h11,15-18,23H,2-10,12-14H2,1H3/t15?,16?,17?,18-,21?/m1/s1. The van der Waals surface area contributed by atoms with Gasteiger partial charge in [0, 0.05) is 12.1 Å². The van der Waals surface area contributed by atoms with Crippen LogP contribution in [-0.2, 0) is 9.53 Å². The first kappa shape index (κ1) is 16.2. The maximum atomic E-state index is 12.1. The van der Waals surface area contributed by atoms with E-state index in [-0.39, 0.29) is 11.6 Å². The second-order valence-electron chi connectivity index (χ2n) is 9.92. The maximum Gasteiger partial charge on any atom is 0.333 e. The predicted molar refractivity (Wildman–Crippen MR) is 97.8 cm³/mol. The zero-order chi connectivity index (χ0) is 17.1. The van der Waals surface area contributed by atoms with Crippen LogP contribution in [-0.4, -0.2) is 17.6 Å². The van der Waals surface area contributed by atoms with Crippen LogP contribution in [0.5, 0.6) is 0 Å². The van der Waals surface area contributed by atoms with Crippen molar-refractivity contribution in [2.45, 2.75) is 95.6 Å². The van der Waals surface area contributed by atoms with Gasteiger partial charge in [-0.1, -0.05) is 13.3 Å². The summed E-state index contributed by atoms with van der Waals surface area (Å²) in [5.41, 5.74) is 1.29. The summed E-state index contributed by atoms with van der Waals surface area (Å²) in [5, 5.41) is 3.93. The summed E-state index contributed by atoms with van der Waals surface area (Å²) in [6, 6.07) is 0.514. The molecule has 1 spiro atoms. The van der Waals surface area contributed by atoms with E-state index in [9.17, 15) is 4.79 Å². The monoisotopic (exact) mass is 343 g/mol. The fourth-order valence-electron chi connectivity index (χ4n) is 7.67. The number of hydrogen-bond acceptors (Lipinski definition) is 3. The molecule has 3 nitrogen and oxygen atoms in total. The van der Waals surface area contributed by atoms with Gasteiger partial charge in [-0.05, 0) is 93.8 Å². The van der Waals surface area contributed by atoms with Gasteiger partial charge in [0.05, 0.1) is 5.70 Å². The summed E-state index contributed by atoms with van der Waals surface area (Å²) >= 11 is 0. The number of carbonyl (C=O) groups excluding carboxylic acids is 1. The van der Waals surface area contributed by atoms with Crippen LogP contribution >= 0.6 is 0 Å². The quantitative estimate of drug-likeness (QED) is 0.751. The lowest BCUT2D eigenvalue weighted by Crippen LogP contribution is -2.57. The molecule has 0 saturated heterocycles. The van der Waals surface area contributed by atoms with Gasteiger partial charge in [-0.2, -0.15) is 0 Å². The molecular weight excluding hydrogens is 310 g/mol. The van der Waals surface area contributed by atoms with Crippen molar-refractivity contribution in [2.24, 2.45) is 23.2 Å². The van der Waals surface area contributed by atoms with Crippen molar-refractivity contribution in [1.82, 2.24) is 5.32 Å². The molecule has 25 heavy (non-hydrogen) atoms. The van der Waals surface area contributed by atoms with Crippen LogP contribution in [0.1, 0.15) is 84.0 Å². The highest BCUT2D eigenvalue weighted by atomic mass is 16.6. The Balaban J connectivity index is 1.40. The summed E-state index contributed by atoms with van der Waals surface area (Å²) in [6.07, 6.45) is 17.3. The van der Waals surface area contributed by atoms with Crippen molar-refractivity contribution in [1.29, 1.82) is 0 Å². The molecule has 1 atom stereocenters. The van der Waals surface area contributed by atoms with Gasteiger partial charge in [0.2, 0.25) is 0 Å². The van der Waals surface area contributed by atoms with Gasteiger partial charge >= 0.3 is 5.97 Å². The lowest BCUT2D eigenvalue weighted by molar-refractivity contribution is -0.148. The van der Waals surface area contributed by atoms with E-state index in [1.807, 2.05) is 0 Å². The third-order valence-corrected chi connectivity index (χ3v) is 8.27. The molecule has 0 aromatic rings. The van der Waals surface area contributed by atoms with E-state index < -0.39 is 0 Å². The van der Waals surface area contributed by atoms with Crippen LogP contribution in [0.3, 0.4) is 0 Å². The Morgan fingerprint density at radius 1 is 1.08 bits per heavy atom. The highest BCUT2D eigenvalue weighted by Gasteiger charge is 2.55. The summed E-state index contributed by atoms with van der Waals surface area (Å²) in [4.78, 5) is 12.1. The molecule has 5 aliphatic carbocycles. The third-order valence-electron chi connectivity index (χ3n) is 8.27. The Morgan fingerprint density at radius 3 is 2.24 bits per heavy atom. The number of esters is 1. The summed E-state index contributed by atoms with van der Waals surface area (Å²) in [6.45, 7) is 2.34. The first-order chi connectivity index (χ1) is 12.1. The van der Waals surface area contributed by atoms with Crippen molar-refractivity contribution in [3.05, 3.63) is 11.8 Å². The van der Waals surface area contributed by atoms with Gasteiger partial charge in [0.15, 0.2) is 5.60 Å². The van der Waals surface area contributed by atoms with E-state index in [0.29, 0.717) is 11.5 Å². The van der Waals surface area contributed by atoms with E-state index in [0.717, 1.165) is 42.7 Å². The number of hydrogen-bond donors (Lipinski definition) is 1. The van der Waals surface area contributed by atoms with Crippen molar-refractivity contribution in [2.75, 3.05) is 0 Å². The molecule has 0 radical (unpaired) electrons. The molecule has 4 bridgehead atoms. The maximum absolute atomic E-state index is 12.1. The minimum Gasteiger partial charge on any atom is -0.449 e. The van der Waals surface area contributed by atoms with Gasteiger partial charge in [0.1, 0.15) is 0 Å². The SMILES string of the molecule is CC[C@@H](NC1=CC(=O)OC12CCCCC2)C12CC3CC(CC(C3)C1)C2. The van der Waals surface area contributed by atoms with E-state index in [2.05, 4.69) is 12.2 Å². The molecule has 0 unspecified atom stereocenters. The molecular formula is C22H33NO2. The minimum atomic E-state index is -0.314. The first-order valence-corrected chi connectivity index (χ1v) is 10.8. The number of carbonyl (C=O) groups is 1. The van der Waals surface area contributed by atoms with E-state index in [1.165, 1.54) is 57.8 Å². The number of nitrogens with one attached hydrogen (secondary N) is 1. The van der Waals surface area contributed by atoms with Gasteiger partial charge in [-0.3, -0.25) is 0 Å². The Morgan fingerprint density at radius 2 is 1.68 bits per heavy atom. The molecule has 6 aliphatic rings. The zero-order valence-corrected chi connectivity index (χ0v) is 15.7. The van der Waals surface area contributed by atoms with Gasteiger partial charge in [-0.15, -0.1) is 0 Å². The van der Waals surface area contributed by atoms with Crippen molar-refractivity contribution in [3.8, 4) is 0 Å². The Hall–Kier alpha value is -0.990. The molecule has 6 rings (SSSR count). The van der Waals surface area contributed by atoms with E-state index in [4.69, 9.17) is 4.74 Å². The van der Waals surface area contributed by atoms with Crippen LogP contribution in [0.4, 0.5) is 0 Å². The smallest absolute Gasteiger partial charge is 0.333 e. The molecule has 5 saturated carbocycles. The molecule has 138 valence electrons. The van der Waals surface area contributed by atoms with Crippen LogP contribution in [0.15, 0.2) is 11.8 Å². The molecule has 0 aromatic carbocycles. The molecule has 0 amide bonds. The second kappa shape index (κ2) is 5.76. The lowest BCUT2D eigenvalue weighted by atomic mass is 9.47. The van der Waals surface area contributed by atoms with Crippen LogP contribution in [0.2, 0.25) is 0 Å². The van der Waals surface area contributed by atoms with Gasteiger partial charge < -0.3 is 10.1 Å². The topological polar surface area (TPSA) is 38.3 Å². The van der Waals surface area contributed by atoms with E-state index >= 15 is 0 Å². The van der Waals surface area contributed by atoms with Gasteiger partial charge in [0.25, 0.3) is 0 Å². The molecule has 3 heteroatoms. The Kier molecular flexibility index (Phi) is 3.73. The second-order valence-corrected chi connectivity index (χ2v) is 9.92. The average Bonchev–Trinajstić information content (AvgIpc) is 2.86. The number of ether oxygens (including phenoxy) is 1. The fourth-order valence-corrected chi connectivity index (χ4v) is 7.67. The Bertz CT molecular complexity index is 552. The van der Waals surface area contributed by atoms with Crippen molar-refractivity contribution >= 4 is 5.97 Å². The van der Waals surface area contributed by atoms with Crippen molar-refractivity contribution in [3.63, 3.8) is 0 Å². The highest BCUT2D eigenvalue weighted by molar-refractivity contribution is 5.86. The summed E-state index contributed by atoms with van der Waals surface area (Å²) in [5.74, 6) is 2.80. The molecule has 0 aromatic heterocycles. The van der Waals surface area contributed by atoms with Crippen LogP contribution in [0, 0.1) is 23.2 Å². The van der Waals surface area contributed by atoms with Crippen LogP contribution < -0.4 is 5.32 Å². The zero-order valence-electron chi connectivity index (χ0n) is 15.7. The van der Waals surface area contributed by atoms with Gasteiger partial charge in [-0.25, -0.2) is 4.79 Å². The first-order valence-electron chi connectivity index (χ1n) is 10.8. The third kappa shape index (κ3) is 2.56. The summed E-state index contributed by atoms with van der Waals surface area (Å²) in [7, 11) is 0. The molecule has 5 fully saturated rings. The minimum absolute atomic E-state index is 0.121. The predicted octanol–water partition coefficient (Wildman–Crippen LogP) is 4.71. The van der Waals surface area contributed by atoms with Crippen molar-refractivity contribution < 1.29 is 9.53 Å². The van der Waals surface area contributed by atoms with E-state index in [1.54, 1.807) is 6.08 Å². The fraction of sp³-hybridized carbons (Fsp3) is 0.864. The number of rotatable bonds is 4. The largest absolute Gasteiger partial charge is 0.449 e. The molecule has 1 aliphatic heterocycles. The Labute approximate surface area is 152 Å².